The summed E-state index contributed by atoms with van der Waals surface area (Å²) in [6.07, 6.45) is 4.55. The molecule has 0 spiro atoms. The van der Waals surface area contributed by atoms with Crippen LogP contribution in [0.5, 0.6) is 0 Å². The van der Waals surface area contributed by atoms with Crippen molar-refractivity contribution in [3.63, 3.8) is 0 Å². The molecule has 2 aromatic heterocycles. The molecule has 7 heteroatoms. The van der Waals surface area contributed by atoms with Gasteiger partial charge < -0.3 is 5.32 Å². The molecule has 0 saturated heterocycles. The fourth-order valence-electron chi connectivity index (χ4n) is 1.26. The van der Waals surface area contributed by atoms with Gasteiger partial charge in [0.05, 0.1) is 5.56 Å². The van der Waals surface area contributed by atoms with Gasteiger partial charge >= 0.3 is 0 Å². The average molecular weight is 283 g/mol. The number of hydrogen-bond donors (Lipinski definition) is 1. The predicted molar refractivity (Wildman–Crippen MR) is 67.5 cm³/mol. The molecule has 0 saturated carbocycles. The average Bonchev–Trinajstić information content (AvgIpc) is 2.38. The maximum Gasteiger partial charge on any atom is 0.253 e. The molecule has 0 atom stereocenters. The second-order valence-electron chi connectivity index (χ2n) is 3.38. The van der Waals surface area contributed by atoms with Gasteiger partial charge in [-0.3, -0.25) is 9.78 Å². The summed E-state index contributed by atoms with van der Waals surface area (Å²) in [5, 5.41) is 2.98. The smallest absolute Gasteiger partial charge is 0.253 e. The lowest BCUT2D eigenvalue weighted by Gasteiger charge is -2.05. The maximum absolute atomic E-state index is 11.7. The number of carbonyl (C=O) groups is 1. The number of nitrogens with one attached hydrogen (secondary N) is 1. The van der Waals surface area contributed by atoms with E-state index in [1.165, 1.54) is 12.4 Å². The van der Waals surface area contributed by atoms with Gasteiger partial charge in [0.15, 0.2) is 0 Å². The van der Waals surface area contributed by atoms with Gasteiger partial charge in [-0.15, -0.1) is 0 Å². The summed E-state index contributed by atoms with van der Waals surface area (Å²) in [6, 6.07) is 3.36. The van der Waals surface area contributed by atoms with Crippen LogP contribution < -0.4 is 5.32 Å². The zero-order chi connectivity index (χ0) is 13.0. The third kappa shape index (κ3) is 3.15. The van der Waals surface area contributed by atoms with Crippen molar-refractivity contribution >= 4 is 29.1 Å². The van der Waals surface area contributed by atoms with Crippen molar-refractivity contribution in [1.82, 2.24) is 20.3 Å². The van der Waals surface area contributed by atoms with Crippen molar-refractivity contribution in [2.24, 2.45) is 0 Å². The highest BCUT2D eigenvalue weighted by Gasteiger charge is 2.08. The molecule has 1 N–H and O–H groups in total. The standard InChI is InChI=1S/C11H8Cl2N4O/c12-9-8(6-16-11(13)17-9)5-15-10(18)7-2-1-3-14-4-7/h1-4,6H,5H2,(H,15,18). The minimum absolute atomic E-state index is 0.0716. The van der Waals surface area contributed by atoms with Crippen LogP contribution in [0, 0.1) is 0 Å². The van der Waals surface area contributed by atoms with Gasteiger partial charge in [-0.2, -0.15) is 0 Å². The normalized spacial score (nSPS) is 10.1. The highest BCUT2D eigenvalue weighted by Crippen LogP contribution is 2.13. The van der Waals surface area contributed by atoms with Crippen molar-refractivity contribution in [2.75, 3.05) is 0 Å². The molecule has 0 fully saturated rings. The number of rotatable bonds is 3. The highest BCUT2D eigenvalue weighted by molar-refractivity contribution is 6.32. The molecule has 0 aliphatic rings. The number of pyridine rings is 1. The van der Waals surface area contributed by atoms with E-state index in [0.29, 0.717) is 11.1 Å². The SMILES string of the molecule is O=C(NCc1cnc(Cl)nc1Cl)c1cccnc1. The molecule has 0 radical (unpaired) electrons. The fourth-order valence-corrected chi connectivity index (χ4v) is 1.63. The molecule has 2 aromatic rings. The molecule has 18 heavy (non-hydrogen) atoms. The van der Waals surface area contributed by atoms with Gasteiger partial charge in [0, 0.05) is 30.7 Å². The van der Waals surface area contributed by atoms with Crippen LogP contribution in [0.3, 0.4) is 0 Å². The van der Waals surface area contributed by atoms with E-state index in [9.17, 15) is 4.79 Å². The lowest BCUT2D eigenvalue weighted by Crippen LogP contribution is -2.23. The Morgan fingerprint density at radius 2 is 2.17 bits per heavy atom. The Kier molecular flexibility index (Phi) is 4.07. The van der Waals surface area contributed by atoms with E-state index >= 15 is 0 Å². The second kappa shape index (κ2) is 5.75. The van der Waals surface area contributed by atoms with Crippen LogP contribution in [-0.2, 0) is 6.54 Å². The summed E-state index contributed by atoms with van der Waals surface area (Å²) in [7, 11) is 0. The summed E-state index contributed by atoms with van der Waals surface area (Å²) >= 11 is 11.4. The number of nitrogens with zero attached hydrogens (tertiary/aromatic N) is 3. The molecule has 0 aliphatic heterocycles. The Bertz CT molecular complexity index is 562. The first-order chi connectivity index (χ1) is 8.66. The molecule has 2 rings (SSSR count). The van der Waals surface area contributed by atoms with Gasteiger partial charge in [0.2, 0.25) is 5.28 Å². The van der Waals surface area contributed by atoms with Crippen LogP contribution in [0.1, 0.15) is 15.9 Å². The van der Waals surface area contributed by atoms with E-state index in [4.69, 9.17) is 23.2 Å². The van der Waals surface area contributed by atoms with Gasteiger partial charge in [-0.25, -0.2) is 9.97 Å². The third-order valence-electron chi connectivity index (χ3n) is 2.15. The summed E-state index contributed by atoms with van der Waals surface area (Å²) in [5.41, 5.74) is 1.07. The van der Waals surface area contributed by atoms with Crippen LogP contribution in [0.4, 0.5) is 0 Å². The molecule has 5 nitrogen and oxygen atoms in total. The van der Waals surface area contributed by atoms with E-state index < -0.39 is 0 Å². The molecule has 0 unspecified atom stereocenters. The first kappa shape index (κ1) is 12.7. The van der Waals surface area contributed by atoms with Crippen molar-refractivity contribution < 1.29 is 4.79 Å². The van der Waals surface area contributed by atoms with E-state index in [0.717, 1.165) is 0 Å². The van der Waals surface area contributed by atoms with E-state index in [-0.39, 0.29) is 22.9 Å². The molecule has 2 heterocycles. The summed E-state index contributed by atoms with van der Waals surface area (Å²) in [4.78, 5) is 23.2. The zero-order valence-electron chi connectivity index (χ0n) is 9.10. The molecule has 92 valence electrons. The number of carbonyl (C=O) groups excluding carboxylic acids is 1. The van der Waals surface area contributed by atoms with E-state index in [1.54, 1.807) is 18.3 Å². The van der Waals surface area contributed by atoms with Crippen LogP contribution >= 0.6 is 23.2 Å². The molecule has 0 bridgehead atoms. The van der Waals surface area contributed by atoms with E-state index in [2.05, 4.69) is 20.3 Å². The first-order valence-electron chi connectivity index (χ1n) is 5.02. The summed E-state index contributed by atoms with van der Waals surface area (Å²) in [5.74, 6) is -0.242. The number of hydrogen-bond acceptors (Lipinski definition) is 4. The van der Waals surface area contributed by atoms with Crippen molar-refractivity contribution in [3.05, 3.63) is 52.3 Å². The predicted octanol–water partition coefficient (Wildman–Crippen LogP) is 2.11. The summed E-state index contributed by atoms with van der Waals surface area (Å²) < 4.78 is 0. The van der Waals surface area contributed by atoms with Crippen LogP contribution in [0.25, 0.3) is 0 Å². The van der Waals surface area contributed by atoms with Crippen LogP contribution in [0.15, 0.2) is 30.7 Å². The molecule has 1 amide bonds. The highest BCUT2D eigenvalue weighted by atomic mass is 35.5. The molecular weight excluding hydrogens is 275 g/mol. The lowest BCUT2D eigenvalue weighted by molar-refractivity contribution is 0.0950. The Hall–Kier alpha value is -1.72. The quantitative estimate of drug-likeness (QED) is 0.692. The van der Waals surface area contributed by atoms with Gasteiger partial charge in [0.1, 0.15) is 5.15 Å². The van der Waals surface area contributed by atoms with Gasteiger partial charge in [0.25, 0.3) is 5.91 Å². The molecular formula is C11H8Cl2N4O. The van der Waals surface area contributed by atoms with E-state index in [1.807, 2.05) is 0 Å². The lowest BCUT2D eigenvalue weighted by atomic mass is 10.2. The number of halogens is 2. The van der Waals surface area contributed by atoms with Gasteiger partial charge in [-0.05, 0) is 23.7 Å². The van der Waals surface area contributed by atoms with Crippen molar-refractivity contribution in [3.8, 4) is 0 Å². The van der Waals surface area contributed by atoms with Crippen LogP contribution in [-0.4, -0.2) is 20.9 Å². The van der Waals surface area contributed by atoms with Crippen molar-refractivity contribution in [1.29, 1.82) is 0 Å². The second-order valence-corrected chi connectivity index (χ2v) is 4.08. The Labute approximate surface area is 113 Å². The minimum Gasteiger partial charge on any atom is -0.348 e. The molecule has 0 aromatic carbocycles. The largest absolute Gasteiger partial charge is 0.348 e. The maximum atomic E-state index is 11.7. The number of amides is 1. The Balaban J connectivity index is 2.02. The third-order valence-corrected chi connectivity index (χ3v) is 2.65. The monoisotopic (exact) mass is 282 g/mol. The van der Waals surface area contributed by atoms with Crippen molar-refractivity contribution in [2.45, 2.75) is 6.54 Å². The van der Waals surface area contributed by atoms with Gasteiger partial charge in [-0.1, -0.05) is 11.6 Å². The fraction of sp³-hybridized carbons (Fsp3) is 0.0909. The minimum atomic E-state index is -0.242. The first-order valence-corrected chi connectivity index (χ1v) is 5.77. The Morgan fingerprint density at radius 1 is 1.33 bits per heavy atom. The Morgan fingerprint density at radius 3 is 2.83 bits per heavy atom. The van der Waals surface area contributed by atoms with Crippen LogP contribution in [0.2, 0.25) is 10.4 Å². The topological polar surface area (TPSA) is 67.8 Å². The number of aromatic nitrogens is 3. The summed E-state index contributed by atoms with van der Waals surface area (Å²) in [6.45, 7) is 0.226. The zero-order valence-corrected chi connectivity index (χ0v) is 10.6. The molecule has 0 aliphatic carbocycles.